The number of aliphatic hydroxyl groups excluding tert-OH is 1. The molecule has 150 valence electrons. The van der Waals surface area contributed by atoms with Crippen molar-refractivity contribution in [1.82, 2.24) is 0 Å². The number of halogens is 1. The van der Waals surface area contributed by atoms with Gasteiger partial charge >= 0.3 is 0 Å². The van der Waals surface area contributed by atoms with E-state index in [0.717, 1.165) is 28.4 Å². The van der Waals surface area contributed by atoms with Gasteiger partial charge in [-0.1, -0.05) is 46.3 Å². The van der Waals surface area contributed by atoms with E-state index in [2.05, 4.69) is 46.9 Å². The van der Waals surface area contributed by atoms with E-state index < -0.39 is 6.10 Å². The zero-order valence-electron chi connectivity index (χ0n) is 16.5. The van der Waals surface area contributed by atoms with E-state index in [1.54, 1.807) is 0 Å². The molecule has 0 amide bonds. The van der Waals surface area contributed by atoms with Gasteiger partial charge in [-0.2, -0.15) is 0 Å². The molecule has 1 heterocycles. The van der Waals surface area contributed by atoms with Gasteiger partial charge in [0.05, 0.1) is 18.2 Å². The normalized spacial score (nSPS) is 16.5. The zero-order valence-corrected chi connectivity index (χ0v) is 18.1. The number of hydrogen-bond donors (Lipinski definition) is 1. The molecule has 1 aliphatic heterocycles. The van der Waals surface area contributed by atoms with E-state index in [9.17, 15) is 5.11 Å². The van der Waals surface area contributed by atoms with Crippen LogP contribution in [0.25, 0.3) is 0 Å². The summed E-state index contributed by atoms with van der Waals surface area (Å²) in [6, 6.07) is 16.1. The molecule has 0 aliphatic carbocycles. The smallest absolute Gasteiger partial charge is 0.216 e. The molecule has 2 aromatic carbocycles. The molecular weight excluding hydrogens is 418 g/mol. The topological polar surface area (TPSA) is 51.0 Å². The molecular formula is C23H28BrNO3. The van der Waals surface area contributed by atoms with Crippen LogP contribution in [0.5, 0.6) is 0 Å². The summed E-state index contributed by atoms with van der Waals surface area (Å²) in [6.07, 6.45) is 1.98. The van der Waals surface area contributed by atoms with Crippen LogP contribution in [0.2, 0.25) is 0 Å². The van der Waals surface area contributed by atoms with Crippen LogP contribution in [0, 0.1) is 0 Å². The fourth-order valence-corrected chi connectivity index (χ4v) is 3.64. The number of hydrogen-bond acceptors (Lipinski definition) is 4. The molecule has 4 nitrogen and oxygen atoms in total. The highest BCUT2D eigenvalue weighted by Crippen LogP contribution is 2.30. The molecule has 2 aromatic rings. The van der Waals surface area contributed by atoms with Crippen LogP contribution in [0.15, 0.2) is 58.0 Å². The number of ether oxygens (including phenoxy) is 2. The molecule has 1 atom stereocenters. The summed E-state index contributed by atoms with van der Waals surface area (Å²) in [5, 5.41) is 10.7. The second kappa shape index (κ2) is 9.68. The lowest BCUT2D eigenvalue weighted by atomic mass is 10.0. The predicted octanol–water partition coefficient (Wildman–Crippen LogP) is 5.43. The van der Waals surface area contributed by atoms with E-state index >= 15 is 0 Å². The van der Waals surface area contributed by atoms with E-state index in [0.29, 0.717) is 32.1 Å². The van der Waals surface area contributed by atoms with E-state index in [1.165, 1.54) is 5.56 Å². The molecule has 1 aliphatic rings. The first-order valence-corrected chi connectivity index (χ1v) is 10.6. The Bertz CT molecular complexity index is 805. The summed E-state index contributed by atoms with van der Waals surface area (Å²) in [5.41, 5.74) is 2.78. The maximum Gasteiger partial charge on any atom is 0.216 e. The molecule has 0 aromatic heterocycles. The van der Waals surface area contributed by atoms with Gasteiger partial charge in [0.25, 0.3) is 0 Å². The first kappa shape index (κ1) is 21.0. The first-order chi connectivity index (χ1) is 13.4. The van der Waals surface area contributed by atoms with Gasteiger partial charge in [0.15, 0.2) is 0 Å². The Morgan fingerprint density at radius 3 is 2.68 bits per heavy atom. The van der Waals surface area contributed by atoms with E-state index in [4.69, 9.17) is 9.47 Å². The second-order valence-corrected chi connectivity index (χ2v) is 8.66. The summed E-state index contributed by atoms with van der Waals surface area (Å²) in [6.45, 7) is 6.01. The summed E-state index contributed by atoms with van der Waals surface area (Å²) in [5.74, 6) is 0.653. The predicted molar refractivity (Wildman–Crippen MR) is 116 cm³/mol. The largest absolute Gasteiger partial charge is 0.475 e. The maximum atomic E-state index is 10.7. The molecule has 0 bridgehead atoms. The van der Waals surface area contributed by atoms with Gasteiger partial charge in [-0.15, -0.1) is 0 Å². The first-order valence-electron chi connectivity index (χ1n) is 9.77. The second-order valence-electron chi connectivity index (χ2n) is 7.80. The van der Waals surface area contributed by atoms with Crippen LogP contribution in [-0.4, -0.2) is 29.8 Å². The molecule has 3 rings (SSSR count). The Balaban J connectivity index is 1.47. The molecule has 1 N–H and O–H groups in total. The zero-order chi connectivity index (χ0) is 20.0. The van der Waals surface area contributed by atoms with Gasteiger partial charge in [0.1, 0.15) is 6.61 Å². The third-order valence-electron chi connectivity index (χ3n) is 4.70. The van der Waals surface area contributed by atoms with Crippen molar-refractivity contribution in [1.29, 1.82) is 0 Å². The lowest BCUT2D eigenvalue weighted by Gasteiger charge is -2.14. The standard InChI is InChI=1S/C23H28BrNO3/c1-23(2)16-28-22(25-23)18-11-12-20(24)19(14-18)21(26)10-6-7-13-27-15-17-8-4-3-5-9-17/h3-5,8-9,11-12,14,21,26H,6-7,10,13,15-16H2,1-2H3. The van der Waals surface area contributed by atoms with Crippen molar-refractivity contribution < 1.29 is 14.6 Å². The van der Waals surface area contributed by atoms with Crippen LogP contribution < -0.4 is 0 Å². The van der Waals surface area contributed by atoms with Crippen LogP contribution in [0.1, 0.15) is 55.9 Å². The molecule has 0 radical (unpaired) electrons. The van der Waals surface area contributed by atoms with Crippen LogP contribution in [-0.2, 0) is 16.1 Å². The maximum absolute atomic E-state index is 10.7. The fraction of sp³-hybridized carbons (Fsp3) is 0.435. The van der Waals surface area contributed by atoms with E-state index in [1.807, 2.05) is 36.4 Å². The monoisotopic (exact) mass is 445 g/mol. The van der Waals surface area contributed by atoms with Crippen molar-refractivity contribution in [2.75, 3.05) is 13.2 Å². The van der Waals surface area contributed by atoms with Crippen molar-refractivity contribution in [2.45, 2.75) is 51.4 Å². The SMILES string of the molecule is CC1(C)COC(c2ccc(Br)c(C(O)CCCCOCc3ccccc3)c2)=N1. The Morgan fingerprint density at radius 2 is 1.96 bits per heavy atom. The lowest BCUT2D eigenvalue weighted by Crippen LogP contribution is -2.17. The Kier molecular flexibility index (Phi) is 7.27. The van der Waals surface area contributed by atoms with Crippen LogP contribution in [0.4, 0.5) is 0 Å². The quantitative estimate of drug-likeness (QED) is 0.523. The van der Waals surface area contributed by atoms with Crippen molar-refractivity contribution in [3.05, 3.63) is 69.7 Å². The Labute approximate surface area is 175 Å². The van der Waals surface area contributed by atoms with Gasteiger partial charge in [-0.05, 0) is 62.4 Å². The average molecular weight is 446 g/mol. The summed E-state index contributed by atoms with van der Waals surface area (Å²) in [4.78, 5) is 4.62. The van der Waals surface area contributed by atoms with Gasteiger partial charge in [-0.25, -0.2) is 4.99 Å². The molecule has 0 saturated carbocycles. The third kappa shape index (κ3) is 5.90. The molecule has 0 fully saturated rings. The average Bonchev–Trinajstić information content (AvgIpc) is 3.05. The number of unbranched alkanes of at least 4 members (excludes halogenated alkanes) is 1. The van der Waals surface area contributed by atoms with E-state index in [-0.39, 0.29) is 5.54 Å². The number of rotatable bonds is 9. The molecule has 0 spiro atoms. The highest BCUT2D eigenvalue weighted by molar-refractivity contribution is 9.10. The number of benzene rings is 2. The highest BCUT2D eigenvalue weighted by Gasteiger charge is 2.27. The minimum atomic E-state index is -0.529. The minimum Gasteiger partial charge on any atom is -0.475 e. The minimum absolute atomic E-state index is 0.194. The van der Waals surface area contributed by atoms with Gasteiger partial charge in [0.2, 0.25) is 5.90 Å². The highest BCUT2D eigenvalue weighted by atomic mass is 79.9. The Morgan fingerprint density at radius 1 is 1.18 bits per heavy atom. The lowest BCUT2D eigenvalue weighted by molar-refractivity contribution is 0.109. The van der Waals surface area contributed by atoms with Gasteiger partial charge in [0, 0.05) is 16.6 Å². The summed E-state index contributed by atoms with van der Waals surface area (Å²) >= 11 is 3.56. The molecule has 5 heteroatoms. The number of nitrogens with zero attached hydrogens (tertiary/aromatic N) is 1. The van der Waals surface area contributed by atoms with Crippen molar-refractivity contribution in [3.63, 3.8) is 0 Å². The van der Waals surface area contributed by atoms with Crippen molar-refractivity contribution in [2.24, 2.45) is 4.99 Å². The summed E-state index contributed by atoms with van der Waals surface area (Å²) in [7, 11) is 0. The Hall–Kier alpha value is -1.69. The van der Waals surface area contributed by atoms with Crippen LogP contribution >= 0.6 is 15.9 Å². The van der Waals surface area contributed by atoms with Crippen molar-refractivity contribution in [3.8, 4) is 0 Å². The van der Waals surface area contributed by atoms with Crippen LogP contribution in [0.3, 0.4) is 0 Å². The summed E-state index contributed by atoms with van der Waals surface area (Å²) < 4.78 is 12.3. The molecule has 1 unspecified atom stereocenters. The van der Waals surface area contributed by atoms with Crippen molar-refractivity contribution >= 4 is 21.8 Å². The van der Waals surface area contributed by atoms with Gasteiger partial charge in [-0.3, -0.25) is 0 Å². The molecule has 28 heavy (non-hydrogen) atoms. The number of aliphatic imine (C=N–C) groups is 1. The fourth-order valence-electron chi connectivity index (χ4n) is 3.13. The number of aliphatic hydroxyl groups is 1. The third-order valence-corrected chi connectivity index (χ3v) is 5.42. The van der Waals surface area contributed by atoms with Gasteiger partial charge < -0.3 is 14.6 Å². The molecule has 0 saturated heterocycles.